The second-order valence-electron chi connectivity index (χ2n) is 7.01. The topological polar surface area (TPSA) is 12.0 Å². The molecule has 0 radical (unpaired) electrons. The van der Waals surface area contributed by atoms with Gasteiger partial charge in [-0.2, -0.15) is 0 Å². The van der Waals surface area contributed by atoms with E-state index in [-0.39, 0.29) is 30.4 Å². The first-order chi connectivity index (χ1) is 8.06. The zero-order chi connectivity index (χ0) is 14.2. The minimum absolute atomic E-state index is 0. The molecule has 0 aromatic carbocycles. The van der Waals surface area contributed by atoms with Crippen LogP contribution in [0.5, 0.6) is 0 Å². The minimum Gasteiger partial charge on any atom is -1.00 e. The summed E-state index contributed by atoms with van der Waals surface area (Å²) in [5, 5.41) is 0. The van der Waals surface area contributed by atoms with E-state index in [0.717, 1.165) is 0 Å². The van der Waals surface area contributed by atoms with Crippen LogP contribution in [0.15, 0.2) is 20.0 Å². The number of rotatable bonds is 3. The largest absolute Gasteiger partial charge is 1.00 e. The van der Waals surface area contributed by atoms with Crippen molar-refractivity contribution in [3.05, 3.63) is 20.0 Å². The molecule has 0 aromatic rings. The molecule has 20 heavy (non-hydrogen) atoms. The van der Waals surface area contributed by atoms with Crippen LogP contribution in [0, 0.1) is 5.92 Å². The number of halogens is 2. The van der Waals surface area contributed by atoms with Crippen molar-refractivity contribution < 1.29 is 46.0 Å². The zero-order valence-corrected chi connectivity index (χ0v) is 19.5. The SMILES string of the molecule is CC1=C(C)C(C)[C]([Zr+2]([NH]C(C)(C)C)[SiH](C)C)=C1C.[Cl-].[Cl-]. The Balaban J connectivity index is 0. The van der Waals surface area contributed by atoms with Crippen molar-refractivity contribution in [2.45, 2.75) is 67.1 Å². The van der Waals surface area contributed by atoms with Gasteiger partial charge in [0.25, 0.3) is 0 Å². The first-order valence-electron chi connectivity index (χ1n) is 7.10. The van der Waals surface area contributed by atoms with Crippen LogP contribution >= 0.6 is 0 Å². The predicted octanol–water partition coefficient (Wildman–Crippen LogP) is -1.84. The third-order valence-electron chi connectivity index (χ3n) is 4.02. The van der Waals surface area contributed by atoms with E-state index in [0.29, 0.717) is 5.92 Å². The van der Waals surface area contributed by atoms with E-state index in [4.69, 9.17) is 0 Å². The Kier molecular flexibility index (Phi) is 10.1. The van der Waals surface area contributed by atoms with Gasteiger partial charge in [-0.25, -0.2) is 0 Å². The average Bonchev–Trinajstić information content (AvgIpc) is 2.39. The van der Waals surface area contributed by atoms with Crippen molar-refractivity contribution in [2.75, 3.05) is 0 Å². The van der Waals surface area contributed by atoms with Crippen molar-refractivity contribution in [1.29, 1.82) is 0 Å². The first-order valence-corrected chi connectivity index (χ1v) is 16.7. The van der Waals surface area contributed by atoms with Gasteiger partial charge < -0.3 is 24.8 Å². The fraction of sp³-hybridized carbons (Fsp3) is 0.733. The number of allylic oxidation sites excluding steroid dienone is 4. The molecule has 1 nitrogen and oxygen atoms in total. The molecule has 0 aromatic heterocycles. The van der Waals surface area contributed by atoms with Gasteiger partial charge in [0, 0.05) is 0 Å². The Morgan fingerprint density at radius 1 is 1.00 bits per heavy atom. The Morgan fingerprint density at radius 2 is 1.45 bits per heavy atom. The Hall–Kier alpha value is 1.12. The molecule has 0 spiro atoms. The number of nitrogens with one attached hydrogen (secondary N) is 1. The van der Waals surface area contributed by atoms with Crippen LogP contribution in [0.3, 0.4) is 0 Å². The maximum absolute atomic E-state index is 4.07. The monoisotopic (exact) mass is 412 g/mol. The van der Waals surface area contributed by atoms with Gasteiger partial charge in [0.15, 0.2) is 0 Å². The zero-order valence-electron chi connectivity index (χ0n) is 14.4. The van der Waals surface area contributed by atoms with E-state index in [1.165, 1.54) is 0 Å². The molecule has 0 heterocycles. The van der Waals surface area contributed by atoms with Crippen molar-refractivity contribution in [1.82, 2.24) is 3.26 Å². The Morgan fingerprint density at radius 3 is 1.70 bits per heavy atom. The molecule has 5 heteroatoms. The molecular weight excluding hydrogens is 384 g/mol. The van der Waals surface area contributed by atoms with Gasteiger partial charge in [0.1, 0.15) is 0 Å². The van der Waals surface area contributed by atoms with Crippen LogP contribution in [0.4, 0.5) is 0 Å². The normalized spacial score (nSPS) is 19.2. The molecule has 1 atom stereocenters. The van der Waals surface area contributed by atoms with Crippen LogP contribution in [-0.2, 0) is 21.2 Å². The van der Waals surface area contributed by atoms with Gasteiger partial charge in [-0.05, 0) is 0 Å². The molecule has 0 fully saturated rings. The number of hydrogen-bond donors (Lipinski definition) is 1. The molecule has 0 saturated heterocycles. The summed E-state index contributed by atoms with van der Waals surface area (Å²) in [6, 6.07) is 0. The standard InChI is InChI=1S/C9H13.C4H10N.C2H7Si.2ClH.Zr/c1-6-5-7(2)9(4)8(6)3;1-4(2,3)5;1-3-2;;;/h6H,1-4H3;5H,1-3H3;3H,1-2H3;2*1H;/q;-1;;;;+3/p-2. The van der Waals surface area contributed by atoms with Crippen LogP contribution in [0.25, 0.3) is 0 Å². The summed E-state index contributed by atoms with van der Waals surface area (Å²) in [5.41, 5.74) is 5.10. The quantitative estimate of drug-likeness (QED) is 0.536. The smallest absolute Gasteiger partial charge is 1.00 e. The van der Waals surface area contributed by atoms with E-state index in [1.807, 2.05) is 3.28 Å². The van der Waals surface area contributed by atoms with Gasteiger partial charge in [-0.15, -0.1) is 0 Å². The molecule has 117 valence electrons. The summed E-state index contributed by atoms with van der Waals surface area (Å²) < 4.78 is 5.94. The summed E-state index contributed by atoms with van der Waals surface area (Å²) in [6.45, 7) is 21.5. The fourth-order valence-corrected chi connectivity index (χ4v) is 21.1. The van der Waals surface area contributed by atoms with Crippen LogP contribution in [-0.4, -0.2) is 11.5 Å². The maximum Gasteiger partial charge on any atom is -1.00 e. The minimum atomic E-state index is -1.60. The second-order valence-corrected chi connectivity index (χ2v) is 25.2. The Bertz CT molecular complexity index is 397. The molecule has 1 rings (SSSR count). The number of hydrogen-bond acceptors (Lipinski definition) is 1. The molecule has 1 unspecified atom stereocenters. The summed E-state index contributed by atoms with van der Waals surface area (Å²) in [5.74, 6) is 0.143. The van der Waals surface area contributed by atoms with Crippen molar-refractivity contribution in [3.63, 3.8) is 0 Å². The van der Waals surface area contributed by atoms with E-state index in [9.17, 15) is 0 Å². The van der Waals surface area contributed by atoms with E-state index in [1.54, 1.807) is 16.7 Å². The Labute approximate surface area is 147 Å². The summed E-state index contributed by atoms with van der Waals surface area (Å²) in [7, 11) is 0. The van der Waals surface area contributed by atoms with Crippen LogP contribution in [0.2, 0.25) is 13.1 Å². The molecule has 1 aliphatic carbocycles. The first kappa shape index (κ1) is 23.4. The van der Waals surface area contributed by atoms with Crippen molar-refractivity contribution in [3.8, 4) is 0 Å². The third-order valence-corrected chi connectivity index (χ3v) is 22.3. The van der Waals surface area contributed by atoms with Crippen LogP contribution in [0.1, 0.15) is 48.5 Å². The van der Waals surface area contributed by atoms with Crippen molar-refractivity contribution >= 4 is 5.92 Å². The molecule has 1 N–H and O–H groups in total. The maximum atomic E-state index is 4.07. The van der Waals surface area contributed by atoms with E-state index >= 15 is 0 Å². The molecule has 0 aliphatic heterocycles. The fourth-order valence-electron chi connectivity index (χ4n) is 2.73. The summed E-state index contributed by atoms with van der Waals surface area (Å²) in [6.07, 6.45) is 0. The molecular formula is C15H30Cl2NSiZr. The van der Waals surface area contributed by atoms with Crippen molar-refractivity contribution in [2.24, 2.45) is 5.92 Å². The van der Waals surface area contributed by atoms with Gasteiger partial charge >= 0.3 is 123 Å². The molecule has 0 saturated carbocycles. The molecule has 0 bridgehead atoms. The molecule has 0 amide bonds. The predicted molar refractivity (Wildman–Crippen MR) is 82.0 cm³/mol. The summed E-state index contributed by atoms with van der Waals surface area (Å²) in [4.78, 5) is 0. The van der Waals surface area contributed by atoms with Gasteiger partial charge in [0.2, 0.25) is 0 Å². The second kappa shape index (κ2) is 8.67. The summed E-state index contributed by atoms with van der Waals surface area (Å²) >= 11 is -1.60. The van der Waals surface area contributed by atoms with E-state index < -0.39 is 27.1 Å². The average molecular weight is 415 g/mol. The third kappa shape index (κ3) is 5.39. The van der Waals surface area contributed by atoms with Gasteiger partial charge in [-0.1, -0.05) is 0 Å². The van der Waals surface area contributed by atoms with Gasteiger partial charge in [0.05, 0.1) is 0 Å². The van der Waals surface area contributed by atoms with E-state index in [2.05, 4.69) is 64.8 Å². The molecule has 1 aliphatic rings. The van der Waals surface area contributed by atoms with Crippen LogP contribution < -0.4 is 28.1 Å². The van der Waals surface area contributed by atoms with Gasteiger partial charge in [-0.3, -0.25) is 0 Å².